The Bertz CT molecular complexity index is 1620. The lowest BCUT2D eigenvalue weighted by atomic mass is 9.94. The number of Topliss-reactive ketones (excluding diaryl/α,β-unsaturated/α-hetero) is 1. The molecule has 1 aliphatic rings. The van der Waals surface area contributed by atoms with Crippen molar-refractivity contribution in [3.05, 3.63) is 117 Å². The SMILES string of the molecule is CCCOC(=O)c1ccc(N2C(=O)C(O)=C(C(=O)c3sc(-c4ccccc4)nc3C)C2c2cccc(C)c2)cc1. The van der Waals surface area contributed by atoms with Crippen molar-refractivity contribution in [1.82, 2.24) is 4.98 Å². The summed E-state index contributed by atoms with van der Waals surface area (Å²) in [5.41, 5.74) is 3.80. The standard InChI is InChI=1S/C32H28N2O5S/c1-4-17-39-32(38)22-13-15-24(16-14-22)34-26(23-12-8-9-19(2)18-23)25(28(36)31(34)37)27(35)29-20(3)33-30(40-29)21-10-6-5-7-11-21/h5-16,18,26,36H,4,17H2,1-3H3. The molecule has 0 saturated heterocycles. The van der Waals surface area contributed by atoms with Gasteiger partial charge in [-0.2, -0.15) is 0 Å². The second-order valence-electron chi connectivity index (χ2n) is 9.57. The van der Waals surface area contributed by atoms with Crippen LogP contribution in [0.2, 0.25) is 0 Å². The van der Waals surface area contributed by atoms with E-state index in [1.807, 2.05) is 68.4 Å². The number of ether oxygens (including phenoxy) is 1. The fourth-order valence-corrected chi connectivity index (χ4v) is 5.75. The summed E-state index contributed by atoms with van der Waals surface area (Å²) < 4.78 is 5.21. The van der Waals surface area contributed by atoms with Crippen LogP contribution in [0.15, 0.2) is 90.2 Å². The van der Waals surface area contributed by atoms with Gasteiger partial charge in [0.15, 0.2) is 5.76 Å². The molecule has 5 rings (SSSR count). The van der Waals surface area contributed by atoms with Gasteiger partial charge < -0.3 is 9.84 Å². The second-order valence-corrected chi connectivity index (χ2v) is 10.6. The van der Waals surface area contributed by atoms with Gasteiger partial charge in [0, 0.05) is 11.3 Å². The topological polar surface area (TPSA) is 96.8 Å². The highest BCUT2D eigenvalue weighted by Crippen LogP contribution is 2.43. The van der Waals surface area contributed by atoms with Crippen molar-refractivity contribution in [1.29, 1.82) is 0 Å². The highest BCUT2D eigenvalue weighted by Gasteiger charge is 2.45. The summed E-state index contributed by atoms with van der Waals surface area (Å²) >= 11 is 1.23. The number of ketones is 1. The van der Waals surface area contributed by atoms with Crippen LogP contribution in [0.3, 0.4) is 0 Å². The Hall–Kier alpha value is -4.56. The zero-order valence-corrected chi connectivity index (χ0v) is 23.2. The normalized spacial score (nSPS) is 15.0. The number of aliphatic hydroxyl groups is 1. The molecule has 4 aromatic rings. The van der Waals surface area contributed by atoms with Crippen molar-refractivity contribution in [2.24, 2.45) is 0 Å². The number of aliphatic hydroxyl groups excluding tert-OH is 1. The van der Waals surface area contributed by atoms with E-state index in [0.29, 0.717) is 45.4 Å². The van der Waals surface area contributed by atoms with Gasteiger partial charge in [0.25, 0.3) is 5.91 Å². The van der Waals surface area contributed by atoms with E-state index in [2.05, 4.69) is 4.98 Å². The lowest BCUT2D eigenvalue weighted by Gasteiger charge is -2.27. The van der Waals surface area contributed by atoms with Gasteiger partial charge in [-0.05, 0) is 50.1 Å². The van der Waals surface area contributed by atoms with Gasteiger partial charge in [-0.25, -0.2) is 9.78 Å². The minimum atomic E-state index is -0.875. The number of nitrogens with zero attached hydrogens (tertiary/aromatic N) is 2. The zero-order valence-electron chi connectivity index (χ0n) is 22.4. The van der Waals surface area contributed by atoms with Crippen LogP contribution in [0.1, 0.15) is 56.2 Å². The summed E-state index contributed by atoms with van der Waals surface area (Å²) in [6.07, 6.45) is 0.706. The highest BCUT2D eigenvalue weighted by atomic mass is 32.1. The number of thiazole rings is 1. The first kappa shape index (κ1) is 27.0. The molecule has 1 unspecified atom stereocenters. The Morgan fingerprint density at radius 1 is 1.00 bits per heavy atom. The van der Waals surface area contributed by atoms with Crippen LogP contribution < -0.4 is 4.90 Å². The van der Waals surface area contributed by atoms with E-state index in [0.717, 1.165) is 11.1 Å². The average Bonchev–Trinajstić information content (AvgIpc) is 3.49. The molecule has 1 amide bonds. The maximum atomic E-state index is 14.1. The number of carbonyl (C=O) groups excluding carboxylic acids is 3. The molecule has 202 valence electrons. The minimum absolute atomic E-state index is 0.00612. The summed E-state index contributed by atoms with van der Waals surface area (Å²) in [4.78, 5) is 46.3. The van der Waals surface area contributed by atoms with E-state index < -0.39 is 29.5 Å². The summed E-state index contributed by atoms with van der Waals surface area (Å²) in [6.45, 7) is 5.90. The van der Waals surface area contributed by atoms with Crippen molar-refractivity contribution in [3.8, 4) is 10.6 Å². The smallest absolute Gasteiger partial charge is 0.338 e. The van der Waals surface area contributed by atoms with Crippen LogP contribution in [0.25, 0.3) is 10.6 Å². The predicted octanol–water partition coefficient (Wildman–Crippen LogP) is 6.78. The number of amides is 1. The maximum Gasteiger partial charge on any atom is 0.338 e. The lowest BCUT2D eigenvalue weighted by molar-refractivity contribution is -0.117. The molecule has 1 aliphatic heterocycles. The van der Waals surface area contributed by atoms with Crippen molar-refractivity contribution >= 4 is 34.7 Å². The molecule has 0 saturated carbocycles. The lowest BCUT2D eigenvalue weighted by Crippen LogP contribution is -2.31. The van der Waals surface area contributed by atoms with Gasteiger partial charge in [-0.15, -0.1) is 11.3 Å². The van der Waals surface area contributed by atoms with Gasteiger partial charge in [-0.1, -0.05) is 67.1 Å². The first-order valence-corrected chi connectivity index (χ1v) is 13.8. The van der Waals surface area contributed by atoms with E-state index in [1.165, 1.54) is 16.2 Å². The van der Waals surface area contributed by atoms with Crippen molar-refractivity contribution in [3.63, 3.8) is 0 Å². The third kappa shape index (κ3) is 5.05. The molecule has 3 aromatic carbocycles. The van der Waals surface area contributed by atoms with Crippen molar-refractivity contribution < 1.29 is 24.2 Å². The van der Waals surface area contributed by atoms with Crippen LogP contribution >= 0.6 is 11.3 Å². The molecule has 0 radical (unpaired) electrons. The molecule has 0 bridgehead atoms. The number of hydrogen-bond donors (Lipinski definition) is 1. The first-order chi connectivity index (χ1) is 19.3. The number of anilines is 1. The molecule has 8 heteroatoms. The Morgan fingerprint density at radius 2 is 1.73 bits per heavy atom. The molecule has 0 spiro atoms. The summed E-state index contributed by atoms with van der Waals surface area (Å²) in [7, 11) is 0. The van der Waals surface area contributed by atoms with E-state index in [-0.39, 0.29) is 5.57 Å². The first-order valence-electron chi connectivity index (χ1n) is 13.0. The van der Waals surface area contributed by atoms with Gasteiger partial charge in [0.1, 0.15) is 5.01 Å². The molecule has 0 aliphatic carbocycles. The van der Waals surface area contributed by atoms with E-state index in [4.69, 9.17) is 4.74 Å². The number of aromatic nitrogens is 1. The molecular weight excluding hydrogens is 524 g/mol. The Kier molecular flexibility index (Phi) is 7.62. The van der Waals surface area contributed by atoms with Crippen molar-refractivity contribution in [2.75, 3.05) is 11.5 Å². The summed E-state index contributed by atoms with van der Waals surface area (Å²) in [6, 6.07) is 22.6. The van der Waals surface area contributed by atoms with Crippen LogP contribution in [-0.2, 0) is 9.53 Å². The second kappa shape index (κ2) is 11.3. The third-order valence-corrected chi connectivity index (χ3v) is 7.86. The number of carbonyl (C=O) groups is 3. The Balaban J connectivity index is 1.56. The number of hydrogen-bond acceptors (Lipinski definition) is 7. The monoisotopic (exact) mass is 552 g/mol. The highest BCUT2D eigenvalue weighted by molar-refractivity contribution is 7.17. The predicted molar refractivity (Wildman–Crippen MR) is 155 cm³/mol. The number of esters is 1. The molecule has 0 fully saturated rings. The number of rotatable bonds is 8. The molecule has 1 aromatic heterocycles. The average molecular weight is 553 g/mol. The molecule has 40 heavy (non-hydrogen) atoms. The van der Waals surface area contributed by atoms with Crippen LogP contribution in [0.4, 0.5) is 5.69 Å². The van der Waals surface area contributed by atoms with Gasteiger partial charge in [0.2, 0.25) is 5.78 Å². The molecule has 1 atom stereocenters. The van der Waals surface area contributed by atoms with Crippen LogP contribution in [0, 0.1) is 13.8 Å². The molecule has 7 nitrogen and oxygen atoms in total. The fourth-order valence-electron chi connectivity index (χ4n) is 4.73. The Labute approximate surface area is 236 Å². The van der Waals surface area contributed by atoms with Gasteiger partial charge in [0.05, 0.1) is 34.4 Å². The van der Waals surface area contributed by atoms with Crippen LogP contribution in [-0.4, -0.2) is 34.4 Å². The van der Waals surface area contributed by atoms with Gasteiger partial charge in [-0.3, -0.25) is 14.5 Å². The van der Waals surface area contributed by atoms with Crippen molar-refractivity contribution in [2.45, 2.75) is 33.2 Å². The summed E-state index contributed by atoms with van der Waals surface area (Å²) in [5.74, 6) is -2.20. The van der Waals surface area contributed by atoms with Crippen LogP contribution in [0.5, 0.6) is 0 Å². The number of benzene rings is 3. The Morgan fingerprint density at radius 3 is 2.40 bits per heavy atom. The zero-order chi connectivity index (χ0) is 28.4. The fraction of sp³-hybridized carbons (Fsp3) is 0.188. The molecule has 1 N–H and O–H groups in total. The quantitative estimate of drug-likeness (QED) is 0.191. The minimum Gasteiger partial charge on any atom is -0.503 e. The molecular formula is C32H28N2O5S. The maximum absolute atomic E-state index is 14.1. The van der Waals surface area contributed by atoms with E-state index >= 15 is 0 Å². The largest absolute Gasteiger partial charge is 0.503 e. The van der Waals surface area contributed by atoms with E-state index in [9.17, 15) is 19.5 Å². The van der Waals surface area contributed by atoms with Gasteiger partial charge >= 0.3 is 5.97 Å². The molecule has 2 heterocycles. The third-order valence-electron chi connectivity index (χ3n) is 6.65. The number of aryl methyl sites for hydroxylation is 2. The summed E-state index contributed by atoms with van der Waals surface area (Å²) in [5, 5.41) is 11.8. The van der Waals surface area contributed by atoms with E-state index in [1.54, 1.807) is 31.2 Å².